The number of rotatable bonds is 3. The number of amides is 3. The van der Waals surface area contributed by atoms with Crippen LogP contribution in [0.3, 0.4) is 0 Å². The van der Waals surface area contributed by atoms with E-state index in [0.717, 1.165) is 32.1 Å². The van der Waals surface area contributed by atoms with Gasteiger partial charge in [-0.1, -0.05) is 0 Å². The summed E-state index contributed by atoms with van der Waals surface area (Å²) in [6, 6.07) is -0.956. The van der Waals surface area contributed by atoms with Crippen molar-refractivity contribution in [2.45, 2.75) is 56.4 Å². The largest absolute Gasteiger partial charge is 0.452 e. The highest BCUT2D eigenvalue weighted by Gasteiger charge is 2.61. The second kappa shape index (κ2) is 5.11. The molecule has 22 heavy (non-hydrogen) atoms. The van der Waals surface area contributed by atoms with Crippen LogP contribution in [0.15, 0.2) is 0 Å². The molecule has 0 aromatic carbocycles. The Bertz CT molecular complexity index is 522. The van der Waals surface area contributed by atoms with Gasteiger partial charge in [-0.15, -0.1) is 11.6 Å². The number of halogens is 1. The number of esters is 1. The fraction of sp³-hybridized carbons (Fsp3) is 0.800. The SMILES string of the molecule is C[C@@H](OC(=O)C12C[C@@H]3C[C@@H](CC(Cl)(C3)C1)C2)C(=O)NC(N)=O. The lowest BCUT2D eigenvalue weighted by atomic mass is 9.49. The first-order valence-corrected chi connectivity index (χ1v) is 8.09. The number of nitrogens with one attached hydrogen (secondary N) is 1. The maximum Gasteiger partial charge on any atom is 0.318 e. The number of carbonyl (C=O) groups excluding carboxylic acids is 3. The van der Waals surface area contributed by atoms with E-state index >= 15 is 0 Å². The third-order valence-electron chi connectivity index (χ3n) is 5.32. The first kappa shape index (κ1) is 15.6. The lowest BCUT2D eigenvalue weighted by Crippen LogP contribution is -2.57. The first-order chi connectivity index (χ1) is 10.2. The van der Waals surface area contributed by atoms with Crippen LogP contribution in [0, 0.1) is 17.3 Å². The van der Waals surface area contributed by atoms with Crippen LogP contribution in [-0.2, 0) is 14.3 Å². The van der Waals surface area contributed by atoms with Crippen molar-refractivity contribution in [2.75, 3.05) is 0 Å². The van der Waals surface area contributed by atoms with Crippen LogP contribution in [0.4, 0.5) is 4.79 Å². The maximum absolute atomic E-state index is 12.7. The average molecular weight is 329 g/mol. The molecular formula is C15H21ClN2O4. The monoisotopic (exact) mass is 328 g/mol. The molecule has 2 unspecified atom stereocenters. The summed E-state index contributed by atoms with van der Waals surface area (Å²) >= 11 is 6.68. The van der Waals surface area contributed by atoms with Crippen molar-refractivity contribution in [3.63, 3.8) is 0 Å². The van der Waals surface area contributed by atoms with Gasteiger partial charge in [0.15, 0.2) is 6.10 Å². The van der Waals surface area contributed by atoms with E-state index in [9.17, 15) is 14.4 Å². The number of nitrogens with two attached hydrogens (primary N) is 1. The smallest absolute Gasteiger partial charge is 0.318 e. The van der Waals surface area contributed by atoms with Crippen LogP contribution >= 0.6 is 11.6 Å². The van der Waals surface area contributed by atoms with Crippen LogP contribution in [0.25, 0.3) is 0 Å². The van der Waals surface area contributed by atoms with Crippen molar-refractivity contribution in [2.24, 2.45) is 23.0 Å². The number of urea groups is 1. The minimum atomic E-state index is -1.04. The van der Waals surface area contributed by atoms with E-state index in [1.165, 1.54) is 6.92 Å². The number of primary amides is 1. The fourth-order valence-electron chi connectivity index (χ4n) is 4.95. The predicted molar refractivity (Wildman–Crippen MR) is 79.0 cm³/mol. The third-order valence-corrected chi connectivity index (χ3v) is 5.76. The van der Waals surface area contributed by atoms with Gasteiger partial charge in [0, 0.05) is 4.87 Å². The van der Waals surface area contributed by atoms with Crippen molar-refractivity contribution < 1.29 is 19.1 Å². The van der Waals surface area contributed by atoms with Crippen molar-refractivity contribution in [3.8, 4) is 0 Å². The summed E-state index contributed by atoms with van der Waals surface area (Å²) in [6.07, 6.45) is 4.25. The van der Waals surface area contributed by atoms with Crippen molar-refractivity contribution in [1.29, 1.82) is 0 Å². The number of hydrogen-bond acceptors (Lipinski definition) is 4. The topological polar surface area (TPSA) is 98.5 Å². The van der Waals surface area contributed by atoms with Gasteiger partial charge in [0.25, 0.3) is 5.91 Å². The van der Waals surface area contributed by atoms with E-state index in [4.69, 9.17) is 22.1 Å². The van der Waals surface area contributed by atoms with E-state index in [1.807, 2.05) is 5.32 Å². The van der Waals surface area contributed by atoms with E-state index in [2.05, 4.69) is 0 Å². The fourth-order valence-corrected chi connectivity index (χ4v) is 5.64. The molecule has 4 bridgehead atoms. The number of carbonyl (C=O) groups is 3. The van der Waals surface area contributed by atoms with Gasteiger partial charge in [0.1, 0.15) is 0 Å². The van der Waals surface area contributed by atoms with Gasteiger partial charge in [-0.3, -0.25) is 14.9 Å². The number of alkyl halides is 1. The van der Waals surface area contributed by atoms with Crippen molar-refractivity contribution >= 4 is 29.5 Å². The zero-order valence-electron chi connectivity index (χ0n) is 12.6. The molecule has 4 aliphatic rings. The van der Waals surface area contributed by atoms with Crippen LogP contribution < -0.4 is 11.1 Å². The summed E-state index contributed by atoms with van der Waals surface area (Å²) in [5, 5.41) is 1.93. The zero-order valence-corrected chi connectivity index (χ0v) is 13.3. The molecule has 0 aromatic rings. The molecule has 3 amide bonds. The molecule has 5 atom stereocenters. The molecular weight excluding hydrogens is 308 g/mol. The highest BCUT2D eigenvalue weighted by Crippen LogP contribution is 2.64. The van der Waals surface area contributed by atoms with Crippen molar-refractivity contribution in [1.82, 2.24) is 5.32 Å². The molecule has 0 aliphatic heterocycles. The van der Waals surface area contributed by atoms with E-state index in [-0.39, 0.29) is 10.8 Å². The molecule has 0 spiro atoms. The highest BCUT2D eigenvalue weighted by atomic mass is 35.5. The summed E-state index contributed by atoms with van der Waals surface area (Å²) < 4.78 is 5.33. The Morgan fingerprint density at radius 1 is 1.23 bits per heavy atom. The van der Waals surface area contributed by atoms with Crippen LogP contribution in [0.5, 0.6) is 0 Å². The average Bonchev–Trinajstić information content (AvgIpc) is 2.34. The van der Waals surface area contributed by atoms with Crippen molar-refractivity contribution in [3.05, 3.63) is 0 Å². The molecule has 0 aromatic heterocycles. The molecule has 4 aliphatic carbocycles. The zero-order chi connectivity index (χ0) is 16.1. The first-order valence-electron chi connectivity index (χ1n) is 7.72. The summed E-state index contributed by atoms with van der Waals surface area (Å²) in [5.74, 6) is -0.119. The Balaban J connectivity index is 1.70. The van der Waals surface area contributed by atoms with E-state index < -0.39 is 23.5 Å². The quantitative estimate of drug-likeness (QED) is 0.608. The lowest BCUT2D eigenvalue weighted by molar-refractivity contribution is -0.177. The Hall–Kier alpha value is -1.30. The normalized spacial score (nSPS) is 40.1. The summed E-state index contributed by atoms with van der Waals surface area (Å²) in [4.78, 5) is 34.7. The Morgan fingerprint density at radius 3 is 2.32 bits per heavy atom. The Morgan fingerprint density at radius 2 is 1.82 bits per heavy atom. The van der Waals surface area contributed by atoms with Crippen LogP contribution in [0.1, 0.15) is 45.4 Å². The molecule has 4 rings (SSSR count). The van der Waals surface area contributed by atoms with Gasteiger partial charge in [-0.2, -0.15) is 0 Å². The Labute approximate surface area is 134 Å². The van der Waals surface area contributed by atoms with Crippen LogP contribution in [-0.4, -0.2) is 28.9 Å². The minimum Gasteiger partial charge on any atom is -0.452 e. The van der Waals surface area contributed by atoms with Gasteiger partial charge in [0.2, 0.25) is 0 Å². The van der Waals surface area contributed by atoms with Gasteiger partial charge in [-0.05, 0) is 57.3 Å². The maximum atomic E-state index is 12.7. The highest BCUT2D eigenvalue weighted by molar-refractivity contribution is 6.24. The molecule has 4 fully saturated rings. The van der Waals surface area contributed by atoms with E-state index in [1.54, 1.807) is 0 Å². The number of hydrogen-bond donors (Lipinski definition) is 2. The number of imide groups is 1. The molecule has 7 heteroatoms. The summed E-state index contributed by atoms with van der Waals surface area (Å²) in [7, 11) is 0. The lowest BCUT2D eigenvalue weighted by Gasteiger charge is -2.58. The van der Waals surface area contributed by atoms with E-state index in [0.29, 0.717) is 18.3 Å². The molecule has 6 nitrogen and oxygen atoms in total. The van der Waals surface area contributed by atoms with Gasteiger partial charge < -0.3 is 10.5 Å². The molecule has 0 heterocycles. The van der Waals surface area contributed by atoms with Gasteiger partial charge in [-0.25, -0.2) is 4.79 Å². The standard InChI is InChI=1S/C15H21ClN2O4/c1-8(11(19)18-13(17)21)22-12(20)14-3-9-2-10(4-14)6-15(16,5-9)7-14/h8-10H,2-7H2,1H3,(H3,17,18,19,21)/t8-,9-,10+,14?,15?/m1/s1. The second-order valence-corrected chi connectivity index (χ2v) is 8.10. The summed E-state index contributed by atoms with van der Waals surface area (Å²) in [5.41, 5.74) is 4.33. The molecule has 0 radical (unpaired) electrons. The predicted octanol–water partition coefficient (Wildman–Crippen LogP) is 1.69. The second-order valence-electron chi connectivity index (χ2n) is 7.29. The summed E-state index contributed by atoms with van der Waals surface area (Å²) in [6.45, 7) is 1.44. The van der Waals surface area contributed by atoms with Crippen LogP contribution in [0.2, 0.25) is 0 Å². The molecule has 4 saturated carbocycles. The number of ether oxygens (including phenoxy) is 1. The van der Waals surface area contributed by atoms with Gasteiger partial charge in [0.05, 0.1) is 5.41 Å². The molecule has 3 N–H and O–H groups in total. The Kier molecular flexibility index (Phi) is 3.62. The third kappa shape index (κ3) is 2.69. The molecule has 0 saturated heterocycles. The van der Waals surface area contributed by atoms with Gasteiger partial charge >= 0.3 is 12.0 Å². The minimum absolute atomic E-state index is 0.290. The molecule has 122 valence electrons.